The Bertz CT molecular complexity index is 1080. The molecule has 1 amide bonds. The van der Waals surface area contributed by atoms with Gasteiger partial charge in [0.15, 0.2) is 5.58 Å². The number of carbonyl (C=O) groups excluding carboxylic acids is 1. The van der Waals surface area contributed by atoms with Crippen molar-refractivity contribution in [3.8, 4) is 0 Å². The number of thioether (sulfide) groups is 1. The highest BCUT2D eigenvalue weighted by atomic mass is 32.2. The van der Waals surface area contributed by atoms with Gasteiger partial charge in [0.25, 0.3) is 11.1 Å². The molecule has 0 fully saturated rings. The van der Waals surface area contributed by atoms with Crippen molar-refractivity contribution in [2.45, 2.75) is 11.0 Å². The zero-order valence-corrected chi connectivity index (χ0v) is 15.6. The normalized spacial score (nSPS) is 11.1. The third kappa shape index (κ3) is 4.44. The smallest absolute Gasteiger partial charge is 0.271 e. The van der Waals surface area contributed by atoms with Crippen LogP contribution in [0.2, 0.25) is 0 Å². The predicted octanol–water partition coefficient (Wildman–Crippen LogP) is 4.28. The van der Waals surface area contributed by atoms with E-state index >= 15 is 0 Å². The Balaban J connectivity index is 1.31. The molecule has 4 rings (SSSR count). The van der Waals surface area contributed by atoms with Crippen LogP contribution in [-0.2, 0) is 5.75 Å². The zero-order chi connectivity index (χ0) is 19.2. The maximum absolute atomic E-state index is 11.9. The van der Waals surface area contributed by atoms with Gasteiger partial charge in [-0.15, -0.1) is 0 Å². The summed E-state index contributed by atoms with van der Waals surface area (Å²) in [5.41, 5.74) is 6.71. The van der Waals surface area contributed by atoms with Crippen molar-refractivity contribution in [2.75, 3.05) is 0 Å². The average molecular weight is 388 g/mol. The molecule has 7 heteroatoms. The van der Waals surface area contributed by atoms with E-state index in [4.69, 9.17) is 4.42 Å². The van der Waals surface area contributed by atoms with E-state index in [0.29, 0.717) is 10.8 Å². The van der Waals surface area contributed by atoms with Gasteiger partial charge in [0.2, 0.25) is 0 Å². The summed E-state index contributed by atoms with van der Waals surface area (Å²) >= 11 is 1.55. The lowest BCUT2D eigenvalue weighted by Gasteiger charge is -2.00. The molecule has 2 aromatic heterocycles. The highest BCUT2D eigenvalue weighted by Crippen LogP contribution is 2.26. The molecular formula is C21H16N4O2S. The predicted molar refractivity (Wildman–Crippen MR) is 109 cm³/mol. The van der Waals surface area contributed by atoms with Gasteiger partial charge in [0.1, 0.15) is 5.52 Å². The molecule has 0 aliphatic rings. The minimum atomic E-state index is -0.273. The summed E-state index contributed by atoms with van der Waals surface area (Å²) < 4.78 is 5.71. The highest BCUT2D eigenvalue weighted by Gasteiger charge is 2.06. The summed E-state index contributed by atoms with van der Waals surface area (Å²) in [4.78, 5) is 20.2. The summed E-state index contributed by atoms with van der Waals surface area (Å²) in [6, 6.07) is 18.9. The lowest BCUT2D eigenvalue weighted by Crippen LogP contribution is -2.17. The first-order chi connectivity index (χ1) is 13.8. The Hall–Kier alpha value is -3.45. The van der Waals surface area contributed by atoms with Gasteiger partial charge in [-0.05, 0) is 35.4 Å². The lowest BCUT2D eigenvalue weighted by atomic mass is 10.2. The Kier molecular flexibility index (Phi) is 5.44. The van der Waals surface area contributed by atoms with Crippen molar-refractivity contribution in [1.82, 2.24) is 15.4 Å². The van der Waals surface area contributed by atoms with Crippen LogP contribution >= 0.6 is 11.8 Å². The van der Waals surface area contributed by atoms with Crippen LogP contribution in [0.5, 0.6) is 0 Å². The van der Waals surface area contributed by atoms with E-state index in [-0.39, 0.29) is 5.91 Å². The van der Waals surface area contributed by atoms with Gasteiger partial charge in [-0.3, -0.25) is 9.78 Å². The summed E-state index contributed by atoms with van der Waals surface area (Å²) in [6.45, 7) is 0. The third-order valence-electron chi connectivity index (χ3n) is 3.94. The zero-order valence-electron chi connectivity index (χ0n) is 14.8. The molecule has 0 unspecified atom stereocenters. The van der Waals surface area contributed by atoms with E-state index in [0.717, 1.165) is 28.0 Å². The van der Waals surface area contributed by atoms with Crippen molar-refractivity contribution in [3.05, 3.63) is 89.7 Å². The Morgan fingerprint density at radius 1 is 1.07 bits per heavy atom. The lowest BCUT2D eigenvalue weighted by molar-refractivity contribution is 0.0955. The number of rotatable bonds is 6. The Morgan fingerprint density at radius 2 is 1.86 bits per heavy atom. The summed E-state index contributed by atoms with van der Waals surface area (Å²) in [6.07, 6.45) is 4.74. The summed E-state index contributed by atoms with van der Waals surface area (Å²) in [7, 11) is 0. The van der Waals surface area contributed by atoms with E-state index in [9.17, 15) is 4.79 Å². The molecule has 0 bridgehead atoms. The molecule has 0 saturated heterocycles. The van der Waals surface area contributed by atoms with Gasteiger partial charge in [-0.2, -0.15) is 5.10 Å². The van der Waals surface area contributed by atoms with Crippen molar-refractivity contribution >= 4 is 35.0 Å². The number of benzene rings is 2. The quantitative estimate of drug-likeness (QED) is 0.303. The molecule has 2 heterocycles. The molecule has 138 valence electrons. The van der Waals surface area contributed by atoms with Crippen LogP contribution in [-0.4, -0.2) is 22.1 Å². The Labute approximate surface area is 165 Å². The fourth-order valence-electron chi connectivity index (χ4n) is 2.49. The molecule has 4 aromatic rings. The van der Waals surface area contributed by atoms with Crippen LogP contribution in [0.25, 0.3) is 11.1 Å². The molecule has 0 radical (unpaired) electrons. The number of hydrogen-bond donors (Lipinski definition) is 1. The van der Waals surface area contributed by atoms with Gasteiger partial charge in [0, 0.05) is 23.7 Å². The number of carbonyl (C=O) groups is 1. The Morgan fingerprint density at radius 3 is 2.64 bits per heavy atom. The summed E-state index contributed by atoms with van der Waals surface area (Å²) in [5.74, 6) is 0.480. The van der Waals surface area contributed by atoms with Crippen LogP contribution in [0, 0.1) is 0 Å². The minimum absolute atomic E-state index is 0.273. The van der Waals surface area contributed by atoms with E-state index in [2.05, 4.69) is 20.5 Å². The standard InChI is InChI=1S/C21H16N4O2S/c26-20(17-9-11-22-12-10-17)25-23-13-15-5-7-16(8-6-15)14-28-21-24-18-3-1-2-4-19(18)27-21/h1-13H,14H2,(H,25,26)/b23-13+. The van der Waals surface area contributed by atoms with Crippen LogP contribution in [0.4, 0.5) is 0 Å². The van der Waals surface area contributed by atoms with E-state index in [1.54, 1.807) is 42.5 Å². The fraction of sp³-hybridized carbons (Fsp3) is 0.0476. The topological polar surface area (TPSA) is 80.4 Å². The second kappa shape index (κ2) is 8.49. The number of fused-ring (bicyclic) bond motifs is 1. The molecular weight excluding hydrogens is 372 g/mol. The highest BCUT2D eigenvalue weighted by molar-refractivity contribution is 7.98. The number of amides is 1. The molecule has 1 N–H and O–H groups in total. The number of nitrogens with one attached hydrogen (secondary N) is 1. The molecule has 0 aliphatic heterocycles. The fourth-order valence-corrected chi connectivity index (χ4v) is 3.29. The third-order valence-corrected chi connectivity index (χ3v) is 4.84. The number of nitrogens with zero attached hydrogens (tertiary/aromatic N) is 3. The molecule has 0 saturated carbocycles. The van der Waals surface area contributed by atoms with Gasteiger partial charge in [0.05, 0.1) is 6.21 Å². The van der Waals surface area contributed by atoms with Crippen molar-refractivity contribution in [1.29, 1.82) is 0 Å². The van der Waals surface area contributed by atoms with Crippen molar-refractivity contribution in [3.63, 3.8) is 0 Å². The van der Waals surface area contributed by atoms with Gasteiger partial charge < -0.3 is 4.42 Å². The maximum Gasteiger partial charge on any atom is 0.271 e. The number of pyridine rings is 1. The van der Waals surface area contributed by atoms with E-state index in [1.165, 1.54) is 0 Å². The van der Waals surface area contributed by atoms with Crippen LogP contribution < -0.4 is 5.43 Å². The van der Waals surface area contributed by atoms with Gasteiger partial charge >= 0.3 is 0 Å². The van der Waals surface area contributed by atoms with E-state index in [1.807, 2.05) is 48.5 Å². The van der Waals surface area contributed by atoms with Crippen LogP contribution in [0.1, 0.15) is 21.5 Å². The van der Waals surface area contributed by atoms with Crippen molar-refractivity contribution < 1.29 is 9.21 Å². The number of para-hydroxylation sites is 2. The van der Waals surface area contributed by atoms with Crippen molar-refractivity contribution in [2.24, 2.45) is 5.10 Å². The molecule has 0 atom stereocenters. The number of aromatic nitrogens is 2. The van der Waals surface area contributed by atoms with Gasteiger partial charge in [-0.1, -0.05) is 48.2 Å². The average Bonchev–Trinajstić information content (AvgIpc) is 3.17. The van der Waals surface area contributed by atoms with Crippen LogP contribution in [0.3, 0.4) is 0 Å². The number of oxazole rings is 1. The first-order valence-corrected chi connectivity index (χ1v) is 9.57. The largest absolute Gasteiger partial charge is 0.431 e. The number of hydrazone groups is 1. The second-order valence-electron chi connectivity index (χ2n) is 5.91. The second-order valence-corrected chi connectivity index (χ2v) is 6.84. The molecule has 0 spiro atoms. The molecule has 28 heavy (non-hydrogen) atoms. The van der Waals surface area contributed by atoms with Gasteiger partial charge in [-0.25, -0.2) is 10.4 Å². The maximum atomic E-state index is 11.9. The molecule has 0 aliphatic carbocycles. The number of hydrogen-bond acceptors (Lipinski definition) is 6. The first kappa shape index (κ1) is 17.9. The first-order valence-electron chi connectivity index (χ1n) is 8.59. The summed E-state index contributed by atoms with van der Waals surface area (Å²) in [5, 5.41) is 4.65. The molecule has 2 aromatic carbocycles. The molecule has 6 nitrogen and oxygen atoms in total. The monoisotopic (exact) mass is 388 g/mol. The van der Waals surface area contributed by atoms with E-state index < -0.39 is 0 Å². The minimum Gasteiger partial charge on any atom is -0.431 e. The SMILES string of the molecule is O=C(N/N=C/c1ccc(CSc2nc3ccccc3o2)cc1)c1ccncc1. The van der Waals surface area contributed by atoms with Crippen LogP contribution in [0.15, 0.2) is 87.8 Å².